The van der Waals surface area contributed by atoms with E-state index in [0.29, 0.717) is 0 Å². The van der Waals surface area contributed by atoms with Gasteiger partial charge in [0.1, 0.15) is 0 Å². The molecule has 0 aliphatic heterocycles. The highest BCUT2D eigenvalue weighted by molar-refractivity contribution is 5.79. The molecule has 0 aromatic heterocycles. The first-order chi connectivity index (χ1) is 8.33. The van der Waals surface area contributed by atoms with Crippen LogP contribution in [0.4, 0.5) is 0 Å². The fourth-order valence-electron chi connectivity index (χ4n) is 1.54. The summed E-state index contributed by atoms with van der Waals surface area (Å²) in [6, 6.07) is 0. The predicted molar refractivity (Wildman–Crippen MR) is 84.2 cm³/mol. The molecule has 1 nitrogen and oxygen atoms in total. The maximum absolute atomic E-state index is 4.55. The zero-order chi connectivity index (χ0) is 14.2. The standard InChI is InChI=1S/C17H31N/c1-8-16(12-10-11-14(3)4)13-18-15(5)17(6,7)9-2/h8,13-14H,5,9-12H2,1-4,6-7H3/b16-8-,18-13-. The molecule has 0 aliphatic rings. The molecule has 104 valence electrons. The largest absolute Gasteiger partial charge is 0.261 e. The van der Waals surface area contributed by atoms with Gasteiger partial charge in [0.05, 0.1) is 0 Å². The summed E-state index contributed by atoms with van der Waals surface area (Å²) in [6.45, 7) is 17.3. The summed E-state index contributed by atoms with van der Waals surface area (Å²) in [5.74, 6) is 0.786. The average molecular weight is 249 g/mol. The van der Waals surface area contributed by atoms with Gasteiger partial charge in [-0.2, -0.15) is 0 Å². The highest BCUT2D eigenvalue weighted by Crippen LogP contribution is 2.29. The maximum atomic E-state index is 4.55. The molecular formula is C17H31N. The van der Waals surface area contributed by atoms with E-state index in [0.717, 1.165) is 24.5 Å². The molecule has 0 amide bonds. The summed E-state index contributed by atoms with van der Waals surface area (Å²) < 4.78 is 0. The number of hydrogen-bond acceptors (Lipinski definition) is 1. The molecule has 0 unspecified atom stereocenters. The van der Waals surface area contributed by atoms with Crippen LogP contribution in [-0.4, -0.2) is 6.21 Å². The van der Waals surface area contributed by atoms with Crippen molar-refractivity contribution in [2.45, 2.75) is 67.2 Å². The van der Waals surface area contributed by atoms with Gasteiger partial charge in [0.25, 0.3) is 0 Å². The van der Waals surface area contributed by atoms with E-state index in [-0.39, 0.29) is 5.41 Å². The first-order valence-electron chi connectivity index (χ1n) is 7.22. The molecule has 0 fully saturated rings. The van der Waals surface area contributed by atoms with E-state index in [1.807, 2.05) is 6.21 Å². The van der Waals surface area contributed by atoms with Crippen molar-refractivity contribution in [3.8, 4) is 0 Å². The van der Waals surface area contributed by atoms with Crippen LogP contribution in [0.1, 0.15) is 67.2 Å². The summed E-state index contributed by atoms with van der Waals surface area (Å²) in [5, 5.41) is 0. The third kappa shape index (κ3) is 6.78. The minimum Gasteiger partial charge on any atom is -0.261 e. The first kappa shape index (κ1) is 17.2. The van der Waals surface area contributed by atoms with Crippen LogP contribution in [0.15, 0.2) is 28.9 Å². The van der Waals surface area contributed by atoms with E-state index in [1.54, 1.807) is 0 Å². The van der Waals surface area contributed by atoms with Crippen LogP contribution >= 0.6 is 0 Å². The van der Waals surface area contributed by atoms with Crippen molar-refractivity contribution >= 4 is 6.21 Å². The van der Waals surface area contributed by atoms with Gasteiger partial charge in [-0.25, -0.2) is 0 Å². The van der Waals surface area contributed by atoms with Crippen molar-refractivity contribution in [3.63, 3.8) is 0 Å². The van der Waals surface area contributed by atoms with Gasteiger partial charge in [-0.15, -0.1) is 0 Å². The summed E-state index contributed by atoms with van der Waals surface area (Å²) in [7, 11) is 0. The van der Waals surface area contributed by atoms with Gasteiger partial charge in [-0.1, -0.05) is 53.7 Å². The van der Waals surface area contributed by atoms with Crippen LogP contribution in [0.5, 0.6) is 0 Å². The number of aliphatic imine (C=N–C) groups is 1. The molecule has 0 N–H and O–H groups in total. The van der Waals surface area contributed by atoms with Gasteiger partial charge in [0, 0.05) is 17.3 Å². The predicted octanol–water partition coefficient (Wildman–Crippen LogP) is 5.78. The third-order valence-electron chi connectivity index (χ3n) is 3.67. The monoisotopic (exact) mass is 249 g/mol. The normalized spacial score (nSPS) is 13.6. The molecule has 0 bridgehead atoms. The Kier molecular flexibility index (Phi) is 7.90. The molecule has 0 spiro atoms. The molecule has 0 aromatic rings. The Labute approximate surface area is 114 Å². The van der Waals surface area contributed by atoms with Crippen molar-refractivity contribution < 1.29 is 0 Å². The molecule has 0 atom stereocenters. The van der Waals surface area contributed by atoms with E-state index in [4.69, 9.17) is 0 Å². The molecule has 0 rings (SSSR count). The van der Waals surface area contributed by atoms with Gasteiger partial charge in [0.15, 0.2) is 0 Å². The van der Waals surface area contributed by atoms with E-state index in [9.17, 15) is 0 Å². The lowest BCUT2D eigenvalue weighted by molar-refractivity contribution is 0.427. The summed E-state index contributed by atoms with van der Waals surface area (Å²) >= 11 is 0. The number of nitrogens with zero attached hydrogens (tertiary/aromatic N) is 1. The molecule has 0 saturated heterocycles. The van der Waals surface area contributed by atoms with Crippen molar-refractivity contribution in [1.29, 1.82) is 0 Å². The molecule has 18 heavy (non-hydrogen) atoms. The second-order valence-electron chi connectivity index (χ2n) is 6.09. The van der Waals surface area contributed by atoms with Crippen LogP contribution in [0.2, 0.25) is 0 Å². The minimum absolute atomic E-state index is 0.104. The zero-order valence-corrected chi connectivity index (χ0v) is 13.2. The fraction of sp³-hybridized carbons (Fsp3) is 0.706. The topological polar surface area (TPSA) is 12.4 Å². The highest BCUT2D eigenvalue weighted by atomic mass is 14.8. The van der Waals surface area contributed by atoms with Crippen molar-refractivity contribution in [3.05, 3.63) is 23.9 Å². The molecule has 0 aliphatic carbocycles. The Balaban J connectivity index is 4.34. The lowest BCUT2D eigenvalue weighted by Crippen LogP contribution is -2.11. The van der Waals surface area contributed by atoms with Crippen LogP contribution < -0.4 is 0 Å². The summed E-state index contributed by atoms with van der Waals surface area (Å²) in [6.07, 6.45) is 8.88. The van der Waals surface area contributed by atoms with E-state index in [2.05, 4.69) is 59.2 Å². The number of allylic oxidation sites excluding steroid dienone is 3. The van der Waals surface area contributed by atoms with Crippen molar-refractivity contribution in [1.82, 2.24) is 0 Å². The maximum Gasteiger partial charge on any atom is 0.0388 e. The number of rotatable bonds is 8. The highest BCUT2D eigenvalue weighted by Gasteiger charge is 2.18. The second kappa shape index (κ2) is 8.29. The van der Waals surface area contributed by atoms with E-state index < -0.39 is 0 Å². The Hall–Kier alpha value is -0.850. The second-order valence-corrected chi connectivity index (χ2v) is 6.09. The van der Waals surface area contributed by atoms with Crippen LogP contribution in [0.25, 0.3) is 0 Å². The third-order valence-corrected chi connectivity index (χ3v) is 3.67. The molecule has 1 heteroatoms. The van der Waals surface area contributed by atoms with Gasteiger partial charge in [-0.05, 0) is 37.7 Å². The van der Waals surface area contributed by atoms with Gasteiger partial charge in [-0.3, -0.25) is 4.99 Å². The zero-order valence-electron chi connectivity index (χ0n) is 13.2. The van der Waals surface area contributed by atoms with Gasteiger partial charge < -0.3 is 0 Å². The SMILES string of the molecule is C=C(/N=C\C(=C/C)CCCC(C)C)C(C)(C)CC. The first-order valence-corrected chi connectivity index (χ1v) is 7.22. The Morgan fingerprint density at radius 2 is 1.94 bits per heavy atom. The van der Waals surface area contributed by atoms with E-state index in [1.165, 1.54) is 18.4 Å². The Morgan fingerprint density at radius 3 is 2.39 bits per heavy atom. The lowest BCUT2D eigenvalue weighted by Gasteiger charge is -2.22. The molecule has 0 heterocycles. The van der Waals surface area contributed by atoms with Crippen LogP contribution in [0, 0.1) is 11.3 Å². The smallest absolute Gasteiger partial charge is 0.0388 e. The minimum atomic E-state index is 0.104. The van der Waals surface area contributed by atoms with Crippen molar-refractivity contribution in [2.24, 2.45) is 16.3 Å². The molecular weight excluding hydrogens is 218 g/mol. The molecule has 0 radical (unpaired) electrons. The molecule has 0 aromatic carbocycles. The average Bonchev–Trinajstić information content (AvgIpc) is 2.32. The van der Waals surface area contributed by atoms with Gasteiger partial charge >= 0.3 is 0 Å². The van der Waals surface area contributed by atoms with Crippen LogP contribution in [-0.2, 0) is 0 Å². The fourth-order valence-corrected chi connectivity index (χ4v) is 1.54. The lowest BCUT2D eigenvalue weighted by atomic mass is 9.87. The summed E-state index contributed by atoms with van der Waals surface area (Å²) in [5.41, 5.74) is 2.41. The van der Waals surface area contributed by atoms with E-state index >= 15 is 0 Å². The number of hydrogen-bond donors (Lipinski definition) is 0. The Morgan fingerprint density at radius 1 is 1.33 bits per heavy atom. The van der Waals surface area contributed by atoms with Crippen LogP contribution in [0.3, 0.4) is 0 Å². The quantitative estimate of drug-likeness (QED) is 0.483. The summed E-state index contributed by atoms with van der Waals surface area (Å²) in [4.78, 5) is 4.55. The Bertz CT molecular complexity index is 306. The van der Waals surface area contributed by atoms with Crippen molar-refractivity contribution in [2.75, 3.05) is 0 Å². The van der Waals surface area contributed by atoms with Gasteiger partial charge in [0.2, 0.25) is 0 Å². The molecule has 0 saturated carbocycles.